The second-order valence-corrected chi connectivity index (χ2v) is 7.69. The summed E-state index contributed by atoms with van der Waals surface area (Å²) in [6.45, 7) is 2.10. The first-order valence-corrected chi connectivity index (χ1v) is 8.19. The van der Waals surface area contributed by atoms with Crippen molar-refractivity contribution < 1.29 is 0 Å². The van der Waals surface area contributed by atoms with Gasteiger partial charge in [-0.2, -0.15) is 0 Å². The van der Waals surface area contributed by atoms with Crippen molar-refractivity contribution in [3.05, 3.63) is 53.6 Å². The lowest BCUT2D eigenvalue weighted by molar-refractivity contribution is 0.699. The SMILES string of the molecule is CNC(c1cc(Br)c(Br)s1)c1cc(Cl)ccc1C. The Morgan fingerprint density at radius 2 is 2.00 bits per heavy atom. The van der Waals surface area contributed by atoms with Crippen LogP contribution in [0, 0.1) is 6.92 Å². The Balaban J connectivity index is 2.48. The van der Waals surface area contributed by atoms with Crippen molar-refractivity contribution in [1.82, 2.24) is 5.32 Å². The van der Waals surface area contributed by atoms with Crippen molar-refractivity contribution >= 4 is 54.8 Å². The van der Waals surface area contributed by atoms with Crippen LogP contribution in [0.15, 0.2) is 32.5 Å². The average molecular weight is 410 g/mol. The molecule has 2 aromatic rings. The fraction of sp³-hybridized carbons (Fsp3) is 0.231. The summed E-state index contributed by atoms with van der Waals surface area (Å²) in [4.78, 5) is 1.25. The van der Waals surface area contributed by atoms with E-state index in [1.54, 1.807) is 11.3 Å². The van der Waals surface area contributed by atoms with Gasteiger partial charge in [0.25, 0.3) is 0 Å². The van der Waals surface area contributed by atoms with Gasteiger partial charge in [0.15, 0.2) is 0 Å². The maximum absolute atomic E-state index is 6.10. The molecule has 0 amide bonds. The third kappa shape index (κ3) is 2.99. The summed E-state index contributed by atoms with van der Waals surface area (Å²) >= 11 is 14.9. The van der Waals surface area contributed by atoms with Gasteiger partial charge in [-0.25, -0.2) is 0 Å². The summed E-state index contributed by atoms with van der Waals surface area (Å²) in [5, 5.41) is 4.12. The summed E-state index contributed by atoms with van der Waals surface area (Å²) in [5.74, 6) is 0. The number of benzene rings is 1. The van der Waals surface area contributed by atoms with Gasteiger partial charge in [-0.1, -0.05) is 17.7 Å². The molecule has 0 aliphatic rings. The lowest BCUT2D eigenvalue weighted by atomic mass is 10.0. The zero-order chi connectivity index (χ0) is 13.3. The number of hydrogen-bond acceptors (Lipinski definition) is 2. The summed E-state index contributed by atoms with van der Waals surface area (Å²) in [5.41, 5.74) is 2.45. The minimum Gasteiger partial charge on any atom is -0.309 e. The molecule has 1 N–H and O–H groups in total. The lowest BCUT2D eigenvalue weighted by Crippen LogP contribution is -2.17. The van der Waals surface area contributed by atoms with Crippen molar-refractivity contribution in [2.24, 2.45) is 0 Å². The first-order chi connectivity index (χ1) is 8.52. The van der Waals surface area contributed by atoms with Gasteiger partial charge in [0.2, 0.25) is 0 Å². The molecule has 18 heavy (non-hydrogen) atoms. The van der Waals surface area contributed by atoms with Crippen molar-refractivity contribution in [2.75, 3.05) is 7.05 Å². The molecule has 5 heteroatoms. The monoisotopic (exact) mass is 407 g/mol. The number of thiophene rings is 1. The Morgan fingerprint density at radius 1 is 1.28 bits per heavy atom. The molecule has 1 heterocycles. The molecule has 0 saturated heterocycles. The maximum atomic E-state index is 6.10. The van der Waals surface area contributed by atoms with Crippen LogP contribution in [0.25, 0.3) is 0 Å². The van der Waals surface area contributed by atoms with Crippen LogP contribution < -0.4 is 5.32 Å². The number of aryl methyl sites for hydroxylation is 1. The largest absolute Gasteiger partial charge is 0.309 e. The number of rotatable bonds is 3. The van der Waals surface area contributed by atoms with E-state index in [4.69, 9.17) is 11.6 Å². The van der Waals surface area contributed by atoms with Crippen LogP contribution in [0.3, 0.4) is 0 Å². The maximum Gasteiger partial charge on any atom is 0.0843 e. The standard InChI is InChI=1S/C13H12Br2ClNS/c1-7-3-4-8(16)5-9(7)12(17-2)11-6-10(14)13(15)18-11/h3-6,12,17H,1-2H3. The second kappa shape index (κ2) is 6.06. The van der Waals surface area contributed by atoms with E-state index in [9.17, 15) is 0 Å². The quantitative estimate of drug-likeness (QED) is 0.701. The molecule has 1 aromatic heterocycles. The Labute approximate surface area is 133 Å². The zero-order valence-corrected chi connectivity index (χ0v) is 14.7. The third-order valence-corrected chi connectivity index (χ3v) is 6.35. The topological polar surface area (TPSA) is 12.0 Å². The van der Waals surface area contributed by atoms with E-state index in [1.807, 2.05) is 19.2 Å². The molecule has 2 rings (SSSR count). The zero-order valence-electron chi connectivity index (χ0n) is 9.93. The van der Waals surface area contributed by atoms with Crippen LogP contribution in [-0.4, -0.2) is 7.05 Å². The van der Waals surface area contributed by atoms with E-state index in [1.165, 1.54) is 16.0 Å². The predicted octanol–water partition coefficient (Wildman–Crippen LogP) is 5.54. The van der Waals surface area contributed by atoms with E-state index < -0.39 is 0 Å². The average Bonchev–Trinajstić information content (AvgIpc) is 2.65. The summed E-state index contributed by atoms with van der Waals surface area (Å²) in [6.07, 6.45) is 0. The van der Waals surface area contributed by atoms with E-state index >= 15 is 0 Å². The van der Waals surface area contributed by atoms with Gasteiger partial charge in [0, 0.05) is 14.4 Å². The Morgan fingerprint density at radius 3 is 2.56 bits per heavy atom. The highest BCUT2D eigenvalue weighted by atomic mass is 79.9. The van der Waals surface area contributed by atoms with Crippen LogP contribution in [0.4, 0.5) is 0 Å². The van der Waals surface area contributed by atoms with Crippen molar-refractivity contribution in [3.63, 3.8) is 0 Å². The number of hydrogen-bond donors (Lipinski definition) is 1. The van der Waals surface area contributed by atoms with Crippen LogP contribution in [0.5, 0.6) is 0 Å². The van der Waals surface area contributed by atoms with Gasteiger partial charge in [-0.15, -0.1) is 11.3 Å². The van der Waals surface area contributed by atoms with E-state index in [0.717, 1.165) is 13.3 Å². The Bertz CT molecular complexity index is 549. The Kier molecular flexibility index (Phi) is 4.89. The van der Waals surface area contributed by atoms with E-state index in [-0.39, 0.29) is 6.04 Å². The molecule has 0 saturated carbocycles. The smallest absolute Gasteiger partial charge is 0.0843 e. The van der Waals surface area contributed by atoms with Crippen molar-refractivity contribution in [1.29, 1.82) is 0 Å². The van der Waals surface area contributed by atoms with Crippen LogP contribution in [0.1, 0.15) is 22.0 Å². The van der Waals surface area contributed by atoms with Crippen molar-refractivity contribution in [2.45, 2.75) is 13.0 Å². The number of halogens is 3. The third-order valence-electron chi connectivity index (χ3n) is 2.79. The van der Waals surface area contributed by atoms with Crippen LogP contribution in [0.2, 0.25) is 5.02 Å². The van der Waals surface area contributed by atoms with E-state index in [0.29, 0.717) is 0 Å². The highest BCUT2D eigenvalue weighted by molar-refractivity contribution is 9.13. The molecule has 0 radical (unpaired) electrons. The molecular formula is C13H12Br2ClNS. The van der Waals surface area contributed by atoms with Gasteiger partial charge in [-0.3, -0.25) is 0 Å². The molecule has 1 aromatic carbocycles. The van der Waals surface area contributed by atoms with Crippen LogP contribution >= 0.6 is 54.8 Å². The minimum absolute atomic E-state index is 0.163. The summed E-state index contributed by atoms with van der Waals surface area (Å²) < 4.78 is 2.19. The van der Waals surface area contributed by atoms with Crippen molar-refractivity contribution in [3.8, 4) is 0 Å². The molecular weight excluding hydrogens is 397 g/mol. The summed E-state index contributed by atoms with van der Waals surface area (Å²) in [6, 6.07) is 8.31. The van der Waals surface area contributed by atoms with E-state index in [2.05, 4.69) is 56.2 Å². The molecule has 0 bridgehead atoms. The molecule has 96 valence electrons. The molecule has 0 aliphatic heterocycles. The normalized spacial score (nSPS) is 12.7. The molecule has 1 unspecified atom stereocenters. The lowest BCUT2D eigenvalue weighted by Gasteiger charge is -2.17. The predicted molar refractivity (Wildman–Crippen MR) is 86.8 cm³/mol. The summed E-state index contributed by atoms with van der Waals surface area (Å²) in [7, 11) is 1.96. The minimum atomic E-state index is 0.163. The highest BCUT2D eigenvalue weighted by Gasteiger charge is 2.18. The molecule has 1 nitrogen and oxygen atoms in total. The fourth-order valence-corrected chi connectivity index (χ4v) is 4.28. The first-order valence-electron chi connectivity index (χ1n) is 5.41. The second-order valence-electron chi connectivity index (χ2n) is 3.99. The first kappa shape index (κ1) is 14.5. The van der Waals surface area contributed by atoms with Gasteiger partial charge in [0.05, 0.1) is 9.83 Å². The molecule has 1 atom stereocenters. The molecule has 0 spiro atoms. The number of nitrogens with one attached hydrogen (secondary N) is 1. The van der Waals surface area contributed by atoms with Gasteiger partial charge < -0.3 is 5.32 Å². The van der Waals surface area contributed by atoms with Crippen LogP contribution in [-0.2, 0) is 0 Å². The van der Waals surface area contributed by atoms with Gasteiger partial charge >= 0.3 is 0 Å². The highest BCUT2D eigenvalue weighted by Crippen LogP contribution is 2.38. The molecule has 0 fully saturated rings. The van der Waals surface area contributed by atoms with Gasteiger partial charge in [-0.05, 0) is 75.2 Å². The van der Waals surface area contributed by atoms with Gasteiger partial charge in [0.1, 0.15) is 0 Å². The Hall–Kier alpha value is 0.130. The molecule has 0 aliphatic carbocycles. The fourth-order valence-electron chi connectivity index (χ4n) is 1.88.